The topological polar surface area (TPSA) is 47.6 Å². The van der Waals surface area contributed by atoms with Crippen LogP contribution in [0, 0.1) is 6.92 Å². The number of hydrogen-bond donors (Lipinski definition) is 1. The molecule has 22 heavy (non-hydrogen) atoms. The molecular formula is C18H21NO3. The molecule has 0 radical (unpaired) electrons. The predicted molar refractivity (Wildman–Crippen MR) is 86.3 cm³/mol. The van der Waals surface area contributed by atoms with Crippen molar-refractivity contribution >= 4 is 5.91 Å². The van der Waals surface area contributed by atoms with Gasteiger partial charge in [0.25, 0.3) is 0 Å². The Labute approximate surface area is 131 Å². The van der Waals surface area contributed by atoms with E-state index >= 15 is 0 Å². The number of carbonyl (C=O) groups excluding carboxylic acids is 1. The van der Waals surface area contributed by atoms with Crippen LogP contribution in [0.15, 0.2) is 42.5 Å². The van der Waals surface area contributed by atoms with E-state index in [-0.39, 0.29) is 5.91 Å². The number of amides is 1. The maximum Gasteiger partial charge on any atom is 0.224 e. The van der Waals surface area contributed by atoms with Gasteiger partial charge in [-0.05, 0) is 36.2 Å². The monoisotopic (exact) mass is 299 g/mol. The normalized spacial score (nSPS) is 10.1. The molecule has 0 aliphatic rings. The zero-order valence-electron chi connectivity index (χ0n) is 13.2. The summed E-state index contributed by atoms with van der Waals surface area (Å²) in [5.41, 5.74) is 3.05. The largest absolute Gasteiger partial charge is 0.497 e. The molecule has 4 nitrogen and oxygen atoms in total. The molecule has 0 aromatic heterocycles. The van der Waals surface area contributed by atoms with Gasteiger partial charge in [-0.15, -0.1) is 0 Å². The molecule has 0 fully saturated rings. The highest BCUT2D eigenvalue weighted by Gasteiger charge is 2.09. The van der Waals surface area contributed by atoms with Crippen molar-refractivity contribution in [1.29, 1.82) is 0 Å². The molecule has 0 unspecified atom stereocenters. The summed E-state index contributed by atoms with van der Waals surface area (Å²) in [6, 6.07) is 13.4. The van der Waals surface area contributed by atoms with E-state index in [0.29, 0.717) is 13.0 Å². The third-order valence-corrected chi connectivity index (χ3v) is 3.58. The van der Waals surface area contributed by atoms with E-state index in [2.05, 4.69) is 5.32 Å². The average Bonchev–Trinajstić information content (AvgIpc) is 2.54. The fourth-order valence-corrected chi connectivity index (χ4v) is 2.26. The second-order valence-electron chi connectivity index (χ2n) is 5.06. The van der Waals surface area contributed by atoms with E-state index in [4.69, 9.17) is 9.47 Å². The van der Waals surface area contributed by atoms with Gasteiger partial charge in [0, 0.05) is 12.1 Å². The highest BCUT2D eigenvalue weighted by atomic mass is 16.5. The van der Waals surface area contributed by atoms with Crippen LogP contribution in [0.2, 0.25) is 0 Å². The molecule has 0 heterocycles. The lowest BCUT2D eigenvalue weighted by Gasteiger charge is -2.12. The molecule has 1 amide bonds. The Morgan fingerprint density at radius 1 is 1.05 bits per heavy atom. The number of rotatable bonds is 6. The number of nitrogens with one attached hydrogen (secondary N) is 1. The molecule has 0 saturated heterocycles. The van der Waals surface area contributed by atoms with Crippen molar-refractivity contribution in [3.8, 4) is 11.5 Å². The quantitative estimate of drug-likeness (QED) is 0.892. The molecule has 2 aromatic carbocycles. The third-order valence-electron chi connectivity index (χ3n) is 3.58. The minimum Gasteiger partial charge on any atom is -0.497 e. The maximum atomic E-state index is 12.1. The molecule has 0 aliphatic heterocycles. The van der Waals surface area contributed by atoms with E-state index in [0.717, 1.165) is 28.2 Å². The van der Waals surface area contributed by atoms with Gasteiger partial charge in [0.1, 0.15) is 11.5 Å². The van der Waals surface area contributed by atoms with Crippen LogP contribution in [0.4, 0.5) is 0 Å². The van der Waals surface area contributed by atoms with Crippen LogP contribution in [0.5, 0.6) is 11.5 Å². The van der Waals surface area contributed by atoms with E-state index < -0.39 is 0 Å². The lowest BCUT2D eigenvalue weighted by molar-refractivity contribution is -0.120. The van der Waals surface area contributed by atoms with Gasteiger partial charge in [0.2, 0.25) is 5.91 Å². The van der Waals surface area contributed by atoms with Gasteiger partial charge >= 0.3 is 0 Å². The van der Waals surface area contributed by atoms with Gasteiger partial charge < -0.3 is 14.8 Å². The molecule has 0 atom stereocenters. The first-order valence-electron chi connectivity index (χ1n) is 7.16. The average molecular weight is 299 g/mol. The predicted octanol–water partition coefficient (Wildman–Crippen LogP) is 2.87. The smallest absolute Gasteiger partial charge is 0.224 e. The summed E-state index contributed by atoms with van der Waals surface area (Å²) < 4.78 is 10.5. The summed E-state index contributed by atoms with van der Waals surface area (Å²) in [6.45, 7) is 2.42. The zero-order chi connectivity index (χ0) is 15.9. The van der Waals surface area contributed by atoms with Crippen LogP contribution in [-0.2, 0) is 17.8 Å². The van der Waals surface area contributed by atoms with E-state index in [1.165, 1.54) is 0 Å². The van der Waals surface area contributed by atoms with Gasteiger partial charge in [-0.25, -0.2) is 0 Å². The Bertz CT molecular complexity index is 653. The van der Waals surface area contributed by atoms with Crippen LogP contribution in [-0.4, -0.2) is 20.1 Å². The fourth-order valence-electron chi connectivity index (χ4n) is 2.26. The van der Waals surface area contributed by atoms with Gasteiger partial charge in [0.15, 0.2) is 0 Å². The molecule has 0 bridgehead atoms. The first kappa shape index (κ1) is 15.9. The SMILES string of the molecule is COc1ccc(OC)c(CNC(=O)Cc2ccccc2C)c1. The van der Waals surface area contributed by atoms with Crippen molar-refractivity contribution in [2.45, 2.75) is 19.9 Å². The van der Waals surface area contributed by atoms with Crippen molar-refractivity contribution in [2.24, 2.45) is 0 Å². The van der Waals surface area contributed by atoms with Gasteiger partial charge in [-0.2, -0.15) is 0 Å². The number of methoxy groups -OCH3 is 2. The number of carbonyl (C=O) groups is 1. The van der Waals surface area contributed by atoms with Crippen molar-refractivity contribution < 1.29 is 14.3 Å². The Hall–Kier alpha value is -2.49. The molecule has 2 rings (SSSR count). The van der Waals surface area contributed by atoms with Crippen LogP contribution in [0.1, 0.15) is 16.7 Å². The summed E-state index contributed by atoms with van der Waals surface area (Å²) in [7, 11) is 3.23. The Morgan fingerprint density at radius 2 is 1.82 bits per heavy atom. The number of aryl methyl sites for hydroxylation is 1. The lowest BCUT2D eigenvalue weighted by Crippen LogP contribution is -2.25. The van der Waals surface area contributed by atoms with Crippen molar-refractivity contribution in [1.82, 2.24) is 5.32 Å². The van der Waals surface area contributed by atoms with Gasteiger partial charge in [0.05, 0.1) is 20.6 Å². The molecule has 4 heteroatoms. The summed E-state index contributed by atoms with van der Waals surface area (Å²) in [5.74, 6) is 1.46. The second kappa shape index (κ2) is 7.50. The van der Waals surface area contributed by atoms with Crippen molar-refractivity contribution in [2.75, 3.05) is 14.2 Å². The lowest BCUT2D eigenvalue weighted by atomic mass is 10.1. The number of ether oxygens (including phenoxy) is 2. The molecule has 116 valence electrons. The molecule has 0 aliphatic carbocycles. The van der Waals surface area contributed by atoms with Crippen LogP contribution < -0.4 is 14.8 Å². The zero-order valence-corrected chi connectivity index (χ0v) is 13.2. The molecule has 2 aromatic rings. The summed E-state index contributed by atoms with van der Waals surface area (Å²) in [4.78, 5) is 12.1. The Balaban J connectivity index is 2.00. The van der Waals surface area contributed by atoms with Crippen LogP contribution >= 0.6 is 0 Å². The number of hydrogen-bond acceptors (Lipinski definition) is 3. The maximum absolute atomic E-state index is 12.1. The minimum absolute atomic E-state index is 0.0147. The third kappa shape index (κ3) is 4.01. The summed E-state index contributed by atoms with van der Waals surface area (Å²) in [5, 5.41) is 2.93. The summed E-state index contributed by atoms with van der Waals surface area (Å²) in [6.07, 6.45) is 0.374. The first-order valence-corrected chi connectivity index (χ1v) is 7.16. The van der Waals surface area contributed by atoms with Crippen molar-refractivity contribution in [3.05, 3.63) is 59.2 Å². The van der Waals surface area contributed by atoms with Gasteiger partial charge in [-0.1, -0.05) is 24.3 Å². The van der Waals surface area contributed by atoms with Gasteiger partial charge in [-0.3, -0.25) is 4.79 Å². The molecule has 0 saturated carbocycles. The molecular weight excluding hydrogens is 278 g/mol. The Kier molecular flexibility index (Phi) is 5.42. The molecule has 0 spiro atoms. The van der Waals surface area contributed by atoms with E-state index in [1.54, 1.807) is 14.2 Å². The van der Waals surface area contributed by atoms with Crippen LogP contribution in [0.25, 0.3) is 0 Å². The highest BCUT2D eigenvalue weighted by Crippen LogP contribution is 2.23. The fraction of sp³-hybridized carbons (Fsp3) is 0.278. The minimum atomic E-state index is -0.0147. The van der Waals surface area contributed by atoms with Crippen LogP contribution in [0.3, 0.4) is 0 Å². The van der Waals surface area contributed by atoms with E-state index in [1.807, 2.05) is 49.4 Å². The van der Waals surface area contributed by atoms with Crippen molar-refractivity contribution in [3.63, 3.8) is 0 Å². The first-order chi connectivity index (χ1) is 10.6. The summed E-state index contributed by atoms with van der Waals surface area (Å²) >= 11 is 0. The Morgan fingerprint density at radius 3 is 2.50 bits per heavy atom. The second-order valence-corrected chi connectivity index (χ2v) is 5.06. The highest BCUT2D eigenvalue weighted by molar-refractivity contribution is 5.79. The van der Waals surface area contributed by atoms with E-state index in [9.17, 15) is 4.79 Å². The standard InChI is InChI=1S/C18H21NO3/c1-13-6-4-5-7-14(13)11-18(20)19-12-15-10-16(21-2)8-9-17(15)22-3/h4-10H,11-12H2,1-3H3,(H,19,20). The number of benzene rings is 2. The molecule has 1 N–H and O–H groups in total.